The molecule has 0 saturated heterocycles. The molecule has 1 aliphatic rings. The fraction of sp³-hybridized carbons (Fsp3) is 0.400. The van der Waals surface area contributed by atoms with Gasteiger partial charge in [0.15, 0.2) is 0 Å². The minimum absolute atomic E-state index is 0.0321. The van der Waals surface area contributed by atoms with Crippen LogP contribution in [0.3, 0.4) is 0 Å². The van der Waals surface area contributed by atoms with Gasteiger partial charge >= 0.3 is 0 Å². The molecule has 1 aromatic rings. The molecule has 1 aliphatic carbocycles. The Hall–Kier alpha value is -1.09. The van der Waals surface area contributed by atoms with Crippen LogP contribution >= 0.6 is 0 Å². The smallest absolute Gasteiger partial charge is 0.132 e. The van der Waals surface area contributed by atoms with Crippen molar-refractivity contribution in [1.29, 1.82) is 0 Å². The molecule has 0 amide bonds. The van der Waals surface area contributed by atoms with Crippen LogP contribution in [0.25, 0.3) is 0 Å². The van der Waals surface area contributed by atoms with Crippen LogP contribution in [-0.4, -0.2) is 17.3 Å². The van der Waals surface area contributed by atoms with Crippen molar-refractivity contribution >= 4 is 0 Å². The second-order valence-corrected chi connectivity index (χ2v) is 3.40. The molecule has 1 N–H and O–H groups in total. The maximum Gasteiger partial charge on any atom is 0.132 e. The number of benzene rings is 1. The first-order valence-corrected chi connectivity index (χ1v) is 4.30. The molecule has 0 atom stereocenters. The number of aliphatic hydroxyl groups is 1. The van der Waals surface area contributed by atoms with Crippen molar-refractivity contribution in [2.24, 2.45) is 0 Å². The lowest BCUT2D eigenvalue weighted by molar-refractivity contribution is 0.0953. The van der Waals surface area contributed by atoms with E-state index in [1.54, 1.807) is 12.1 Å². The van der Waals surface area contributed by atoms with E-state index in [1.165, 1.54) is 12.1 Å². The number of rotatable bonds is 3. The lowest BCUT2D eigenvalue weighted by Gasteiger charge is -2.14. The van der Waals surface area contributed by atoms with Crippen LogP contribution < -0.4 is 4.74 Å². The first-order valence-electron chi connectivity index (χ1n) is 4.30. The molecule has 0 unspecified atom stereocenters. The molecule has 1 fully saturated rings. The molecule has 0 aromatic heterocycles. The van der Waals surface area contributed by atoms with Gasteiger partial charge in [-0.25, -0.2) is 4.39 Å². The Morgan fingerprint density at radius 1 is 1.31 bits per heavy atom. The molecule has 3 heteroatoms. The van der Waals surface area contributed by atoms with E-state index in [9.17, 15) is 4.39 Å². The van der Waals surface area contributed by atoms with Crippen LogP contribution in [0.4, 0.5) is 4.39 Å². The van der Waals surface area contributed by atoms with Crippen molar-refractivity contribution in [3.63, 3.8) is 0 Å². The highest BCUT2D eigenvalue weighted by molar-refractivity contribution is 5.24. The van der Waals surface area contributed by atoms with Crippen LogP contribution in [0.1, 0.15) is 12.8 Å². The minimum atomic E-state index is -0.377. The molecule has 0 heterocycles. The molecule has 0 aliphatic heterocycles. The topological polar surface area (TPSA) is 29.5 Å². The standard InChI is InChI=1S/C10H11FO2/c11-8-1-3-9(4-2-8)13-10(7-12)5-6-10/h1-4,12H,5-7H2. The van der Waals surface area contributed by atoms with Gasteiger partial charge in [0.2, 0.25) is 0 Å². The van der Waals surface area contributed by atoms with Crippen molar-refractivity contribution < 1.29 is 14.2 Å². The van der Waals surface area contributed by atoms with E-state index in [1.807, 2.05) is 0 Å². The summed E-state index contributed by atoms with van der Waals surface area (Å²) < 4.78 is 18.0. The molecule has 2 rings (SSSR count). The maximum absolute atomic E-state index is 12.5. The van der Waals surface area contributed by atoms with Crippen molar-refractivity contribution in [3.05, 3.63) is 30.1 Å². The van der Waals surface area contributed by atoms with Gasteiger partial charge in [-0.15, -0.1) is 0 Å². The number of halogens is 1. The van der Waals surface area contributed by atoms with E-state index in [4.69, 9.17) is 9.84 Å². The van der Waals surface area contributed by atoms with E-state index in [0.29, 0.717) is 5.75 Å². The summed E-state index contributed by atoms with van der Waals surface area (Å²) in [5, 5.41) is 8.97. The van der Waals surface area contributed by atoms with Gasteiger partial charge < -0.3 is 9.84 Å². The van der Waals surface area contributed by atoms with Gasteiger partial charge in [-0.2, -0.15) is 0 Å². The Morgan fingerprint density at radius 3 is 2.38 bits per heavy atom. The quantitative estimate of drug-likeness (QED) is 0.771. The summed E-state index contributed by atoms with van der Waals surface area (Å²) in [5.74, 6) is 0.342. The zero-order valence-electron chi connectivity index (χ0n) is 7.16. The minimum Gasteiger partial charge on any atom is -0.485 e. The normalized spacial score (nSPS) is 18.3. The van der Waals surface area contributed by atoms with E-state index >= 15 is 0 Å². The number of aliphatic hydroxyl groups excluding tert-OH is 1. The van der Waals surface area contributed by atoms with Crippen molar-refractivity contribution in [1.82, 2.24) is 0 Å². The number of hydrogen-bond acceptors (Lipinski definition) is 2. The van der Waals surface area contributed by atoms with Gasteiger partial charge in [0.25, 0.3) is 0 Å². The second-order valence-electron chi connectivity index (χ2n) is 3.40. The third-order valence-electron chi connectivity index (χ3n) is 2.24. The molecule has 70 valence electrons. The number of hydrogen-bond donors (Lipinski definition) is 1. The summed E-state index contributed by atoms with van der Waals surface area (Å²) in [5.41, 5.74) is -0.377. The molecule has 13 heavy (non-hydrogen) atoms. The van der Waals surface area contributed by atoms with Gasteiger partial charge in [-0.3, -0.25) is 0 Å². The van der Waals surface area contributed by atoms with Crippen molar-refractivity contribution in [2.45, 2.75) is 18.4 Å². The van der Waals surface area contributed by atoms with E-state index in [0.717, 1.165) is 12.8 Å². The Balaban J connectivity index is 2.06. The van der Waals surface area contributed by atoms with Gasteiger partial charge in [-0.05, 0) is 37.1 Å². The fourth-order valence-electron chi connectivity index (χ4n) is 1.18. The lowest BCUT2D eigenvalue weighted by atomic mass is 10.3. The second kappa shape index (κ2) is 3.00. The van der Waals surface area contributed by atoms with E-state index in [2.05, 4.69) is 0 Å². The van der Waals surface area contributed by atoms with Gasteiger partial charge in [0, 0.05) is 0 Å². The van der Waals surface area contributed by atoms with Crippen LogP contribution in [0, 0.1) is 5.82 Å². The lowest BCUT2D eigenvalue weighted by Crippen LogP contribution is -2.22. The zero-order chi connectivity index (χ0) is 9.31. The summed E-state index contributed by atoms with van der Waals surface area (Å²) in [7, 11) is 0. The molecular formula is C10H11FO2. The first-order chi connectivity index (χ1) is 6.24. The molecule has 0 radical (unpaired) electrons. The average Bonchev–Trinajstić information content (AvgIpc) is 2.90. The monoisotopic (exact) mass is 182 g/mol. The molecule has 1 aromatic carbocycles. The fourth-order valence-corrected chi connectivity index (χ4v) is 1.18. The first kappa shape index (κ1) is 8.51. The van der Waals surface area contributed by atoms with Crippen LogP contribution in [0.5, 0.6) is 5.75 Å². The van der Waals surface area contributed by atoms with E-state index < -0.39 is 0 Å². The highest BCUT2D eigenvalue weighted by Gasteiger charge is 2.44. The zero-order valence-corrected chi connectivity index (χ0v) is 7.16. The summed E-state index contributed by atoms with van der Waals surface area (Å²) in [6.07, 6.45) is 1.75. The predicted molar refractivity (Wildman–Crippen MR) is 46.1 cm³/mol. The summed E-state index contributed by atoms with van der Waals surface area (Å²) in [6.45, 7) is 0.0321. The van der Waals surface area contributed by atoms with Crippen molar-refractivity contribution in [2.75, 3.05) is 6.61 Å². The third kappa shape index (κ3) is 1.80. The SMILES string of the molecule is OCC1(Oc2ccc(F)cc2)CC1. The van der Waals surface area contributed by atoms with Crippen molar-refractivity contribution in [3.8, 4) is 5.75 Å². The van der Waals surface area contributed by atoms with Crippen LogP contribution in [-0.2, 0) is 0 Å². The molecule has 1 saturated carbocycles. The Labute approximate surface area is 76.0 Å². The highest BCUT2D eigenvalue weighted by atomic mass is 19.1. The Kier molecular flexibility index (Phi) is 1.96. The summed E-state index contributed by atoms with van der Waals surface area (Å²) in [6, 6.07) is 5.85. The maximum atomic E-state index is 12.5. The average molecular weight is 182 g/mol. The largest absolute Gasteiger partial charge is 0.485 e. The van der Waals surface area contributed by atoms with Gasteiger partial charge in [0.1, 0.15) is 17.2 Å². The van der Waals surface area contributed by atoms with Gasteiger partial charge in [-0.1, -0.05) is 0 Å². The molecule has 0 spiro atoms. The summed E-state index contributed by atoms with van der Waals surface area (Å²) >= 11 is 0. The molecule has 2 nitrogen and oxygen atoms in total. The highest BCUT2D eigenvalue weighted by Crippen LogP contribution is 2.39. The van der Waals surface area contributed by atoms with Crippen LogP contribution in [0.15, 0.2) is 24.3 Å². The Bertz CT molecular complexity index is 290. The summed E-state index contributed by atoms with van der Waals surface area (Å²) in [4.78, 5) is 0. The van der Waals surface area contributed by atoms with Crippen LogP contribution in [0.2, 0.25) is 0 Å². The number of ether oxygens (including phenoxy) is 1. The molecule has 0 bridgehead atoms. The Morgan fingerprint density at radius 2 is 1.92 bits per heavy atom. The molecular weight excluding hydrogens is 171 g/mol. The predicted octanol–water partition coefficient (Wildman–Crippen LogP) is 1.73. The third-order valence-corrected chi connectivity index (χ3v) is 2.24. The van der Waals surface area contributed by atoms with E-state index in [-0.39, 0.29) is 18.0 Å². The van der Waals surface area contributed by atoms with Gasteiger partial charge in [0.05, 0.1) is 6.61 Å².